The van der Waals surface area contributed by atoms with E-state index in [1.54, 1.807) is 0 Å². The van der Waals surface area contributed by atoms with E-state index in [2.05, 4.69) is 6.92 Å². The summed E-state index contributed by atoms with van der Waals surface area (Å²) >= 11 is 0. The Bertz CT molecular complexity index is 829. The van der Waals surface area contributed by atoms with Gasteiger partial charge in [-0.1, -0.05) is 96.8 Å². The zero-order chi connectivity index (χ0) is 33.2. The summed E-state index contributed by atoms with van der Waals surface area (Å²) in [6.07, 6.45) is 5.04. The van der Waals surface area contributed by atoms with Gasteiger partial charge in [-0.25, -0.2) is 0 Å². The molecule has 0 radical (unpaired) electrons. The number of carbonyl (C=O) groups excluding carboxylic acids is 2. The standard InChI is InChI=1S/C32H58O13/c1-3-4-5-6-7-8-9-10-11-12-13-14-15-16-17-18-25(37)43-30-27(39)24(20-34)44-32(30,21-35)45-31-29(41-22(2)36)28(40)26(38)23(19-33)42-31/h23-24,26-31,33-35,38-40H,3-21H2,1-2H3/t23-,24-,26-,27-,28+,29-,30+,31-,32+/m1/s1. The lowest BCUT2D eigenvalue weighted by molar-refractivity contribution is -0.384. The molecule has 0 aromatic heterocycles. The highest BCUT2D eigenvalue weighted by Crippen LogP contribution is 2.38. The van der Waals surface area contributed by atoms with Crippen molar-refractivity contribution in [3.63, 3.8) is 0 Å². The van der Waals surface area contributed by atoms with Crippen LogP contribution in [0.4, 0.5) is 0 Å². The van der Waals surface area contributed by atoms with E-state index < -0.39 is 86.6 Å². The Morgan fingerprint density at radius 2 is 1.20 bits per heavy atom. The maximum Gasteiger partial charge on any atom is 0.306 e. The first-order valence-electron chi connectivity index (χ1n) is 16.9. The van der Waals surface area contributed by atoms with Crippen molar-refractivity contribution in [1.82, 2.24) is 0 Å². The monoisotopic (exact) mass is 650 g/mol. The molecule has 2 aliphatic rings. The first kappa shape index (κ1) is 39.8. The Morgan fingerprint density at radius 3 is 1.67 bits per heavy atom. The molecule has 45 heavy (non-hydrogen) atoms. The summed E-state index contributed by atoms with van der Waals surface area (Å²) in [6.45, 7) is 0.845. The van der Waals surface area contributed by atoms with Gasteiger partial charge in [-0.2, -0.15) is 0 Å². The molecule has 13 heteroatoms. The SMILES string of the molecule is CCCCCCCCCCCCCCCCCC(=O)O[C@H]1[C@H](O)[C@@H](CO)O[C@@]1(CO)O[C@H]1O[C@H](CO)[C@@H](O)[C@H](O)[C@H]1OC(C)=O. The summed E-state index contributed by atoms with van der Waals surface area (Å²) < 4.78 is 27.5. The van der Waals surface area contributed by atoms with E-state index in [1.807, 2.05) is 0 Å². The second-order valence-electron chi connectivity index (χ2n) is 12.3. The first-order valence-corrected chi connectivity index (χ1v) is 16.9. The summed E-state index contributed by atoms with van der Waals surface area (Å²) in [6, 6.07) is 0. The number of hydrogen-bond acceptors (Lipinski definition) is 13. The smallest absolute Gasteiger partial charge is 0.306 e. The molecular formula is C32H58O13. The fourth-order valence-electron chi connectivity index (χ4n) is 5.92. The van der Waals surface area contributed by atoms with Crippen molar-refractivity contribution in [2.45, 2.75) is 171 Å². The highest BCUT2D eigenvalue weighted by molar-refractivity contribution is 5.69. The Hall–Kier alpha value is -1.42. The second kappa shape index (κ2) is 21.5. The van der Waals surface area contributed by atoms with Crippen LogP contribution >= 0.6 is 0 Å². The Morgan fingerprint density at radius 1 is 0.689 bits per heavy atom. The van der Waals surface area contributed by atoms with E-state index in [1.165, 1.54) is 64.2 Å². The fraction of sp³-hybridized carbons (Fsp3) is 0.938. The Kier molecular flexibility index (Phi) is 19.0. The van der Waals surface area contributed by atoms with E-state index in [9.17, 15) is 40.2 Å². The van der Waals surface area contributed by atoms with Gasteiger partial charge in [0.05, 0.1) is 13.2 Å². The minimum absolute atomic E-state index is 0.0419. The summed E-state index contributed by atoms with van der Waals surface area (Å²) in [4.78, 5) is 24.5. The largest absolute Gasteiger partial charge is 0.454 e. The molecule has 9 atom stereocenters. The van der Waals surface area contributed by atoms with Gasteiger partial charge in [0.15, 0.2) is 12.2 Å². The van der Waals surface area contributed by atoms with Gasteiger partial charge in [-0.15, -0.1) is 0 Å². The lowest BCUT2D eigenvalue weighted by Crippen LogP contribution is -2.64. The van der Waals surface area contributed by atoms with Crippen molar-refractivity contribution in [2.24, 2.45) is 0 Å². The maximum atomic E-state index is 12.8. The summed E-state index contributed by atoms with van der Waals surface area (Å²) in [5.41, 5.74) is 0. The predicted octanol–water partition coefficient (Wildman–Crippen LogP) is 1.99. The Balaban J connectivity index is 1.82. The summed E-state index contributed by atoms with van der Waals surface area (Å²) in [7, 11) is 0. The van der Waals surface area contributed by atoms with Crippen molar-refractivity contribution in [3.8, 4) is 0 Å². The molecule has 2 fully saturated rings. The number of carbonyl (C=O) groups is 2. The molecule has 0 saturated carbocycles. The average molecular weight is 651 g/mol. The number of ether oxygens (including phenoxy) is 5. The lowest BCUT2D eigenvalue weighted by Gasteiger charge is -2.44. The molecule has 0 aromatic rings. The molecule has 264 valence electrons. The van der Waals surface area contributed by atoms with Gasteiger partial charge in [0, 0.05) is 13.3 Å². The number of rotatable bonds is 23. The second-order valence-corrected chi connectivity index (χ2v) is 12.3. The molecule has 6 N–H and O–H groups in total. The van der Waals surface area contributed by atoms with Crippen LogP contribution in [0, 0.1) is 0 Å². The van der Waals surface area contributed by atoms with Crippen LogP contribution in [-0.4, -0.2) is 117 Å². The highest BCUT2D eigenvalue weighted by atomic mass is 16.8. The first-order chi connectivity index (χ1) is 21.6. The molecule has 0 amide bonds. The third kappa shape index (κ3) is 12.6. The van der Waals surface area contributed by atoms with Crippen LogP contribution in [0.3, 0.4) is 0 Å². The van der Waals surface area contributed by atoms with Crippen molar-refractivity contribution in [3.05, 3.63) is 0 Å². The van der Waals surface area contributed by atoms with Crippen LogP contribution < -0.4 is 0 Å². The number of aliphatic hydroxyl groups is 6. The number of esters is 2. The van der Waals surface area contributed by atoms with Gasteiger partial charge in [0.25, 0.3) is 0 Å². The predicted molar refractivity (Wildman–Crippen MR) is 162 cm³/mol. The molecule has 2 saturated heterocycles. The minimum atomic E-state index is -2.29. The van der Waals surface area contributed by atoms with Gasteiger partial charge in [-0.3, -0.25) is 9.59 Å². The van der Waals surface area contributed by atoms with E-state index in [4.69, 9.17) is 23.7 Å². The third-order valence-electron chi connectivity index (χ3n) is 8.56. The van der Waals surface area contributed by atoms with Crippen LogP contribution in [0.15, 0.2) is 0 Å². The molecule has 0 aromatic carbocycles. The molecule has 0 spiro atoms. The van der Waals surface area contributed by atoms with Gasteiger partial charge in [0.2, 0.25) is 12.1 Å². The molecule has 0 aliphatic carbocycles. The van der Waals surface area contributed by atoms with Crippen LogP contribution in [0.25, 0.3) is 0 Å². The van der Waals surface area contributed by atoms with Gasteiger partial charge in [0.1, 0.15) is 37.1 Å². The van der Waals surface area contributed by atoms with Crippen molar-refractivity contribution < 1.29 is 63.9 Å². The van der Waals surface area contributed by atoms with Crippen molar-refractivity contribution in [2.75, 3.05) is 19.8 Å². The van der Waals surface area contributed by atoms with Gasteiger partial charge in [-0.05, 0) is 6.42 Å². The molecule has 0 bridgehead atoms. The van der Waals surface area contributed by atoms with Gasteiger partial charge >= 0.3 is 11.9 Å². The van der Waals surface area contributed by atoms with E-state index in [0.29, 0.717) is 6.42 Å². The topological polar surface area (TPSA) is 202 Å². The molecule has 2 rings (SSSR count). The van der Waals surface area contributed by atoms with Gasteiger partial charge < -0.3 is 54.3 Å². The van der Waals surface area contributed by atoms with Crippen LogP contribution in [-0.2, 0) is 33.3 Å². The molecular weight excluding hydrogens is 592 g/mol. The van der Waals surface area contributed by atoms with Crippen LogP contribution in [0.2, 0.25) is 0 Å². The fourth-order valence-corrected chi connectivity index (χ4v) is 5.92. The maximum absolute atomic E-state index is 12.8. The normalized spacial score (nSPS) is 31.6. The highest BCUT2D eigenvalue weighted by Gasteiger charge is 2.61. The quantitative estimate of drug-likeness (QED) is 0.0693. The van der Waals surface area contributed by atoms with E-state index in [0.717, 1.165) is 32.6 Å². The lowest BCUT2D eigenvalue weighted by atomic mass is 9.98. The molecule has 2 aliphatic heterocycles. The number of unbranched alkanes of at least 4 members (excludes halogenated alkanes) is 14. The van der Waals surface area contributed by atoms with Crippen molar-refractivity contribution in [1.29, 1.82) is 0 Å². The average Bonchev–Trinajstić information content (AvgIpc) is 3.28. The van der Waals surface area contributed by atoms with Crippen molar-refractivity contribution >= 4 is 11.9 Å². The molecule has 2 heterocycles. The van der Waals surface area contributed by atoms with E-state index >= 15 is 0 Å². The zero-order valence-corrected chi connectivity index (χ0v) is 27.1. The summed E-state index contributed by atoms with van der Waals surface area (Å²) in [5.74, 6) is -3.82. The van der Waals surface area contributed by atoms with Crippen LogP contribution in [0.1, 0.15) is 117 Å². The van der Waals surface area contributed by atoms with Crippen LogP contribution in [0.5, 0.6) is 0 Å². The third-order valence-corrected chi connectivity index (χ3v) is 8.56. The zero-order valence-electron chi connectivity index (χ0n) is 27.1. The molecule has 13 nitrogen and oxygen atoms in total. The number of hydrogen-bond donors (Lipinski definition) is 6. The van der Waals surface area contributed by atoms with E-state index in [-0.39, 0.29) is 6.42 Å². The Labute approximate surface area is 267 Å². The summed E-state index contributed by atoms with van der Waals surface area (Å²) in [5, 5.41) is 61.2. The molecule has 0 unspecified atom stereocenters. The minimum Gasteiger partial charge on any atom is -0.454 e. The number of aliphatic hydroxyl groups excluding tert-OH is 6.